The van der Waals surface area contributed by atoms with Gasteiger partial charge in [-0.25, -0.2) is 9.59 Å². The van der Waals surface area contributed by atoms with Gasteiger partial charge in [0.05, 0.1) is 20.3 Å². The van der Waals surface area contributed by atoms with Crippen molar-refractivity contribution in [2.75, 3.05) is 33.4 Å². The maximum atomic E-state index is 12.3. The topological polar surface area (TPSA) is 65.1 Å². The average molecular weight is 299 g/mol. The standard InChI is InChI=1S/C15H25NO5/c1-15(13(17)19-2,12-6-4-3-5-7-12)21-14(18)16-8-10-20-11-9-16/h12H,3-11H2,1-2H3. The zero-order chi connectivity index (χ0) is 15.3. The third-order valence-electron chi connectivity index (χ3n) is 4.54. The Balaban J connectivity index is 2.07. The van der Waals surface area contributed by atoms with E-state index >= 15 is 0 Å². The number of hydrogen-bond donors (Lipinski definition) is 0. The number of morpholine rings is 1. The van der Waals surface area contributed by atoms with Crippen LogP contribution in [0.25, 0.3) is 0 Å². The maximum absolute atomic E-state index is 12.3. The second kappa shape index (κ2) is 7.11. The van der Waals surface area contributed by atoms with Crippen molar-refractivity contribution in [3.05, 3.63) is 0 Å². The highest BCUT2D eigenvalue weighted by Crippen LogP contribution is 2.36. The number of nitrogens with zero attached hydrogens (tertiary/aromatic N) is 1. The molecule has 1 aliphatic carbocycles. The molecule has 0 N–H and O–H groups in total. The fourth-order valence-electron chi connectivity index (χ4n) is 3.14. The van der Waals surface area contributed by atoms with E-state index in [-0.39, 0.29) is 5.92 Å². The summed E-state index contributed by atoms with van der Waals surface area (Å²) in [6.45, 7) is 3.70. The van der Waals surface area contributed by atoms with E-state index in [0.717, 1.165) is 25.7 Å². The van der Waals surface area contributed by atoms with Gasteiger partial charge in [-0.2, -0.15) is 0 Å². The third-order valence-corrected chi connectivity index (χ3v) is 4.54. The molecule has 1 unspecified atom stereocenters. The van der Waals surface area contributed by atoms with Crippen LogP contribution in [-0.4, -0.2) is 56.0 Å². The number of ether oxygens (including phenoxy) is 3. The molecule has 0 radical (unpaired) electrons. The Bertz CT molecular complexity index is 374. The first-order valence-electron chi connectivity index (χ1n) is 7.72. The lowest BCUT2D eigenvalue weighted by Crippen LogP contribution is -2.52. The van der Waals surface area contributed by atoms with Crippen molar-refractivity contribution in [2.45, 2.75) is 44.6 Å². The van der Waals surface area contributed by atoms with Gasteiger partial charge in [0.25, 0.3) is 0 Å². The lowest BCUT2D eigenvalue weighted by molar-refractivity contribution is -0.169. The second-order valence-corrected chi connectivity index (χ2v) is 5.90. The van der Waals surface area contributed by atoms with Crippen LogP contribution in [0.1, 0.15) is 39.0 Å². The van der Waals surface area contributed by atoms with Gasteiger partial charge in [0, 0.05) is 19.0 Å². The Morgan fingerprint density at radius 3 is 2.33 bits per heavy atom. The fraction of sp³-hybridized carbons (Fsp3) is 0.867. The maximum Gasteiger partial charge on any atom is 0.411 e. The molecule has 6 heteroatoms. The number of rotatable bonds is 3. The van der Waals surface area contributed by atoms with Gasteiger partial charge in [-0.3, -0.25) is 0 Å². The summed E-state index contributed by atoms with van der Waals surface area (Å²) < 4.78 is 15.7. The van der Waals surface area contributed by atoms with Crippen LogP contribution in [0.5, 0.6) is 0 Å². The lowest BCUT2D eigenvalue weighted by atomic mass is 9.77. The van der Waals surface area contributed by atoms with Crippen molar-refractivity contribution in [3.63, 3.8) is 0 Å². The number of methoxy groups -OCH3 is 1. The molecule has 2 aliphatic rings. The molecule has 1 heterocycles. The summed E-state index contributed by atoms with van der Waals surface area (Å²) in [4.78, 5) is 26.1. The minimum atomic E-state index is -1.19. The highest BCUT2D eigenvalue weighted by molar-refractivity contribution is 5.83. The molecular formula is C15H25NO5. The van der Waals surface area contributed by atoms with Crippen LogP contribution in [0, 0.1) is 5.92 Å². The van der Waals surface area contributed by atoms with Crippen LogP contribution in [0.2, 0.25) is 0 Å². The predicted molar refractivity (Wildman–Crippen MR) is 75.9 cm³/mol. The van der Waals surface area contributed by atoms with Gasteiger partial charge in [0.1, 0.15) is 0 Å². The lowest BCUT2D eigenvalue weighted by Gasteiger charge is -2.38. The Labute approximate surface area is 125 Å². The van der Waals surface area contributed by atoms with Crippen LogP contribution < -0.4 is 0 Å². The summed E-state index contributed by atoms with van der Waals surface area (Å²) >= 11 is 0. The minimum absolute atomic E-state index is 0.0312. The number of hydrogen-bond acceptors (Lipinski definition) is 5. The molecule has 0 aromatic rings. The van der Waals surface area contributed by atoms with Crippen LogP contribution in [0.15, 0.2) is 0 Å². The van der Waals surface area contributed by atoms with E-state index in [9.17, 15) is 9.59 Å². The van der Waals surface area contributed by atoms with Crippen molar-refractivity contribution >= 4 is 12.1 Å². The summed E-state index contributed by atoms with van der Waals surface area (Å²) in [6, 6.07) is 0. The fourth-order valence-corrected chi connectivity index (χ4v) is 3.14. The molecule has 1 saturated carbocycles. The number of carbonyl (C=O) groups excluding carboxylic acids is 2. The van der Waals surface area contributed by atoms with Crippen LogP contribution in [-0.2, 0) is 19.0 Å². The normalized spacial score (nSPS) is 23.2. The first-order valence-corrected chi connectivity index (χ1v) is 7.72. The first-order chi connectivity index (χ1) is 10.1. The Hall–Kier alpha value is -1.30. The second-order valence-electron chi connectivity index (χ2n) is 5.90. The number of esters is 1. The summed E-state index contributed by atoms with van der Waals surface area (Å²) in [5, 5.41) is 0. The van der Waals surface area contributed by atoms with Gasteiger partial charge in [-0.05, 0) is 19.8 Å². The summed E-state index contributed by atoms with van der Waals surface area (Å²) in [5.41, 5.74) is -1.19. The van der Waals surface area contributed by atoms with Crippen LogP contribution in [0.3, 0.4) is 0 Å². The smallest absolute Gasteiger partial charge is 0.411 e. The number of amides is 1. The van der Waals surface area contributed by atoms with E-state index in [1.807, 2.05) is 0 Å². The Morgan fingerprint density at radius 2 is 1.76 bits per heavy atom. The molecule has 1 saturated heterocycles. The molecule has 1 atom stereocenters. The van der Waals surface area contributed by atoms with E-state index in [2.05, 4.69) is 0 Å². The van der Waals surface area contributed by atoms with Crippen LogP contribution in [0.4, 0.5) is 4.79 Å². The van der Waals surface area contributed by atoms with E-state index in [1.165, 1.54) is 13.5 Å². The zero-order valence-corrected chi connectivity index (χ0v) is 12.9. The minimum Gasteiger partial charge on any atom is -0.466 e. The van der Waals surface area contributed by atoms with Crippen molar-refractivity contribution in [3.8, 4) is 0 Å². The molecular weight excluding hydrogens is 274 g/mol. The zero-order valence-electron chi connectivity index (χ0n) is 12.9. The van der Waals surface area contributed by atoms with E-state index in [0.29, 0.717) is 26.3 Å². The van der Waals surface area contributed by atoms with Crippen molar-refractivity contribution in [2.24, 2.45) is 5.92 Å². The highest BCUT2D eigenvalue weighted by Gasteiger charge is 2.47. The van der Waals surface area contributed by atoms with Crippen molar-refractivity contribution in [1.29, 1.82) is 0 Å². The van der Waals surface area contributed by atoms with E-state index in [4.69, 9.17) is 14.2 Å². The molecule has 1 amide bonds. The van der Waals surface area contributed by atoms with E-state index in [1.54, 1.807) is 11.8 Å². The van der Waals surface area contributed by atoms with Gasteiger partial charge < -0.3 is 19.1 Å². The third kappa shape index (κ3) is 3.67. The quantitative estimate of drug-likeness (QED) is 0.745. The molecule has 6 nitrogen and oxygen atoms in total. The Morgan fingerprint density at radius 1 is 1.14 bits per heavy atom. The first kappa shape index (κ1) is 16.1. The highest BCUT2D eigenvalue weighted by atomic mass is 16.6. The summed E-state index contributed by atoms with van der Waals surface area (Å²) in [6.07, 6.45) is 4.63. The van der Waals surface area contributed by atoms with Crippen LogP contribution >= 0.6 is 0 Å². The average Bonchev–Trinajstić information content (AvgIpc) is 2.55. The molecule has 2 fully saturated rings. The van der Waals surface area contributed by atoms with Gasteiger partial charge in [0.15, 0.2) is 0 Å². The summed E-state index contributed by atoms with van der Waals surface area (Å²) in [5.74, 6) is -0.431. The van der Waals surface area contributed by atoms with Gasteiger partial charge in [-0.15, -0.1) is 0 Å². The Kier molecular flexibility index (Phi) is 5.45. The molecule has 2 rings (SSSR count). The molecule has 120 valence electrons. The number of carbonyl (C=O) groups is 2. The molecule has 21 heavy (non-hydrogen) atoms. The van der Waals surface area contributed by atoms with Crippen molar-refractivity contribution in [1.82, 2.24) is 4.90 Å². The predicted octanol–water partition coefficient (Wildman–Crippen LogP) is 1.97. The molecule has 1 aliphatic heterocycles. The van der Waals surface area contributed by atoms with Crippen molar-refractivity contribution < 1.29 is 23.8 Å². The van der Waals surface area contributed by atoms with E-state index < -0.39 is 17.7 Å². The summed E-state index contributed by atoms with van der Waals surface area (Å²) in [7, 11) is 1.34. The van der Waals surface area contributed by atoms with Gasteiger partial charge in [0.2, 0.25) is 5.60 Å². The molecule has 0 bridgehead atoms. The van der Waals surface area contributed by atoms with Gasteiger partial charge in [-0.1, -0.05) is 19.3 Å². The molecule has 0 spiro atoms. The molecule has 0 aromatic carbocycles. The molecule has 0 aromatic heterocycles. The van der Waals surface area contributed by atoms with Gasteiger partial charge >= 0.3 is 12.1 Å². The monoisotopic (exact) mass is 299 g/mol. The largest absolute Gasteiger partial charge is 0.466 e. The SMILES string of the molecule is COC(=O)C(C)(OC(=O)N1CCOCC1)C1CCCCC1.